The summed E-state index contributed by atoms with van der Waals surface area (Å²) in [5, 5.41) is 6.09. The predicted octanol–water partition coefficient (Wildman–Crippen LogP) is 3.71. The highest BCUT2D eigenvalue weighted by Gasteiger charge is 2.15. The van der Waals surface area contributed by atoms with Gasteiger partial charge in [-0.3, -0.25) is 14.8 Å². The van der Waals surface area contributed by atoms with Gasteiger partial charge in [-0.25, -0.2) is 9.97 Å². The van der Waals surface area contributed by atoms with E-state index in [4.69, 9.17) is 4.98 Å². The molecule has 0 spiro atoms. The number of pyridine rings is 2. The van der Waals surface area contributed by atoms with Crippen LogP contribution in [0.25, 0.3) is 22.3 Å². The van der Waals surface area contributed by atoms with Crippen molar-refractivity contribution in [3.63, 3.8) is 0 Å². The molecule has 35 heavy (non-hydrogen) atoms. The largest absolute Gasteiger partial charge is 0.369 e. The smallest absolute Gasteiger partial charge is 0.247 e. The number of anilines is 4. The van der Waals surface area contributed by atoms with Crippen LogP contribution in [0, 0.1) is 0 Å². The zero-order chi connectivity index (χ0) is 24.2. The molecule has 1 amide bonds. The lowest BCUT2D eigenvalue weighted by Crippen LogP contribution is -2.44. The number of carbonyl (C=O) groups is 1. The van der Waals surface area contributed by atoms with Gasteiger partial charge in [-0.05, 0) is 55.6 Å². The second kappa shape index (κ2) is 9.86. The quantitative estimate of drug-likeness (QED) is 0.415. The van der Waals surface area contributed by atoms with E-state index in [2.05, 4.69) is 61.1 Å². The number of nitrogens with zero attached hydrogens (tertiary/aromatic N) is 6. The second-order valence-electron chi connectivity index (χ2n) is 8.34. The Kier molecular flexibility index (Phi) is 6.32. The Balaban J connectivity index is 1.42. The van der Waals surface area contributed by atoms with Crippen molar-refractivity contribution < 1.29 is 4.79 Å². The van der Waals surface area contributed by atoms with E-state index in [1.54, 1.807) is 30.7 Å². The Bertz CT molecular complexity index is 1360. The standard InChI is InChI=1S/C26H26N8O/c1-3-23(35)31-21-5-4-11-28-24(21)20-10-12-27-22-17-29-26(32-25(20)22)30-18-6-8-19(9-7-18)34-15-13-33(2)14-16-34/h3-12,17H,1,13-16H2,2H3,(H,31,35)(H,29,30,32). The molecule has 4 heterocycles. The molecule has 0 atom stereocenters. The van der Waals surface area contributed by atoms with Gasteiger partial charge in [-0.1, -0.05) is 6.58 Å². The van der Waals surface area contributed by atoms with E-state index in [-0.39, 0.29) is 5.91 Å². The van der Waals surface area contributed by atoms with Crippen LogP contribution in [0.3, 0.4) is 0 Å². The van der Waals surface area contributed by atoms with Crippen LogP contribution in [-0.2, 0) is 4.79 Å². The van der Waals surface area contributed by atoms with Gasteiger partial charge < -0.3 is 20.4 Å². The Hall–Kier alpha value is -4.37. The lowest BCUT2D eigenvalue weighted by atomic mass is 10.1. The average molecular weight is 467 g/mol. The predicted molar refractivity (Wildman–Crippen MR) is 139 cm³/mol. The number of fused-ring (bicyclic) bond motifs is 1. The maximum absolute atomic E-state index is 11.9. The first-order valence-electron chi connectivity index (χ1n) is 11.4. The van der Waals surface area contributed by atoms with Gasteiger partial charge in [0.15, 0.2) is 0 Å². The number of aromatic nitrogens is 4. The van der Waals surface area contributed by atoms with E-state index >= 15 is 0 Å². The number of rotatable bonds is 6. The number of hydrogen-bond donors (Lipinski definition) is 2. The molecule has 1 aliphatic rings. The van der Waals surface area contributed by atoms with Crippen molar-refractivity contribution in [3.8, 4) is 11.3 Å². The third kappa shape index (κ3) is 4.95. The number of likely N-dealkylation sites (N-methyl/N-ethyl adjacent to an activating group) is 1. The summed E-state index contributed by atoms with van der Waals surface area (Å²) in [6.45, 7) is 7.70. The fourth-order valence-corrected chi connectivity index (χ4v) is 4.04. The molecule has 1 saturated heterocycles. The highest BCUT2D eigenvalue weighted by Crippen LogP contribution is 2.31. The minimum Gasteiger partial charge on any atom is -0.369 e. The third-order valence-corrected chi connectivity index (χ3v) is 5.98. The maximum atomic E-state index is 11.9. The highest BCUT2D eigenvalue weighted by molar-refractivity contribution is 6.03. The maximum Gasteiger partial charge on any atom is 0.247 e. The van der Waals surface area contributed by atoms with Crippen molar-refractivity contribution in [2.24, 2.45) is 0 Å². The molecule has 0 saturated carbocycles. The number of amides is 1. The molecule has 1 aliphatic heterocycles. The minimum absolute atomic E-state index is 0.311. The summed E-state index contributed by atoms with van der Waals surface area (Å²) in [6, 6.07) is 13.7. The fourth-order valence-electron chi connectivity index (χ4n) is 4.04. The Morgan fingerprint density at radius 1 is 1.00 bits per heavy atom. The van der Waals surface area contributed by atoms with Gasteiger partial charge in [0.05, 0.1) is 17.6 Å². The summed E-state index contributed by atoms with van der Waals surface area (Å²) < 4.78 is 0. The Morgan fingerprint density at radius 2 is 1.80 bits per heavy atom. The molecule has 0 unspecified atom stereocenters. The van der Waals surface area contributed by atoms with Gasteiger partial charge in [0.2, 0.25) is 11.9 Å². The first-order valence-corrected chi connectivity index (χ1v) is 11.4. The van der Waals surface area contributed by atoms with E-state index in [1.165, 1.54) is 11.8 Å². The summed E-state index contributed by atoms with van der Waals surface area (Å²) in [6.07, 6.45) is 6.25. The summed E-state index contributed by atoms with van der Waals surface area (Å²) >= 11 is 0. The van der Waals surface area contributed by atoms with Crippen LogP contribution in [0.2, 0.25) is 0 Å². The molecule has 4 aromatic rings. The number of benzene rings is 1. The summed E-state index contributed by atoms with van der Waals surface area (Å²) in [4.78, 5) is 34.7. The van der Waals surface area contributed by atoms with Gasteiger partial charge >= 0.3 is 0 Å². The molecule has 9 nitrogen and oxygen atoms in total. The molecule has 0 bridgehead atoms. The van der Waals surface area contributed by atoms with Crippen molar-refractivity contribution in [1.82, 2.24) is 24.8 Å². The molecule has 5 rings (SSSR count). The molecule has 1 fully saturated rings. The fraction of sp³-hybridized carbons (Fsp3) is 0.192. The normalized spacial score (nSPS) is 14.0. The monoisotopic (exact) mass is 466 g/mol. The van der Waals surface area contributed by atoms with E-state index in [9.17, 15) is 4.79 Å². The Morgan fingerprint density at radius 3 is 2.57 bits per heavy atom. The number of carbonyl (C=O) groups excluding carboxylic acids is 1. The van der Waals surface area contributed by atoms with Crippen molar-refractivity contribution in [1.29, 1.82) is 0 Å². The van der Waals surface area contributed by atoms with E-state index in [0.717, 1.165) is 37.4 Å². The molecule has 0 radical (unpaired) electrons. The van der Waals surface area contributed by atoms with Crippen LogP contribution in [0.15, 0.2) is 73.7 Å². The zero-order valence-corrected chi connectivity index (χ0v) is 19.5. The molecular formula is C26H26N8O. The van der Waals surface area contributed by atoms with Crippen LogP contribution >= 0.6 is 0 Å². The van der Waals surface area contributed by atoms with Crippen molar-refractivity contribution in [3.05, 3.63) is 73.7 Å². The number of hydrogen-bond acceptors (Lipinski definition) is 8. The molecule has 2 N–H and O–H groups in total. The lowest BCUT2D eigenvalue weighted by molar-refractivity contribution is -0.111. The molecule has 1 aromatic carbocycles. The molecule has 9 heteroatoms. The third-order valence-electron chi connectivity index (χ3n) is 5.98. The van der Waals surface area contributed by atoms with Gasteiger partial charge in [0.25, 0.3) is 0 Å². The summed E-state index contributed by atoms with van der Waals surface area (Å²) in [5.74, 6) is 0.140. The van der Waals surface area contributed by atoms with Gasteiger partial charge in [0.1, 0.15) is 11.0 Å². The number of nitrogens with one attached hydrogen (secondary N) is 2. The number of piperazine rings is 1. The molecular weight excluding hydrogens is 440 g/mol. The van der Waals surface area contributed by atoms with Crippen molar-refractivity contribution in [2.45, 2.75) is 0 Å². The summed E-state index contributed by atoms with van der Waals surface area (Å²) in [7, 11) is 2.15. The van der Waals surface area contributed by atoms with E-state index in [1.807, 2.05) is 18.2 Å². The van der Waals surface area contributed by atoms with Gasteiger partial charge in [-0.15, -0.1) is 0 Å². The second-order valence-corrected chi connectivity index (χ2v) is 8.34. The topological polar surface area (TPSA) is 99.2 Å². The van der Waals surface area contributed by atoms with Crippen LogP contribution in [0.4, 0.5) is 23.0 Å². The van der Waals surface area contributed by atoms with Gasteiger partial charge in [0, 0.05) is 55.5 Å². The van der Waals surface area contributed by atoms with E-state index in [0.29, 0.717) is 28.4 Å². The van der Waals surface area contributed by atoms with Crippen LogP contribution in [0.1, 0.15) is 0 Å². The highest BCUT2D eigenvalue weighted by atomic mass is 16.1. The lowest BCUT2D eigenvalue weighted by Gasteiger charge is -2.34. The first kappa shape index (κ1) is 22.4. The summed E-state index contributed by atoms with van der Waals surface area (Å²) in [5.41, 5.74) is 5.26. The van der Waals surface area contributed by atoms with Crippen LogP contribution < -0.4 is 15.5 Å². The van der Waals surface area contributed by atoms with Gasteiger partial charge in [-0.2, -0.15) is 0 Å². The van der Waals surface area contributed by atoms with Crippen molar-refractivity contribution in [2.75, 3.05) is 48.8 Å². The Labute approximate surface area is 203 Å². The van der Waals surface area contributed by atoms with Crippen LogP contribution in [-0.4, -0.2) is 64.0 Å². The minimum atomic E-state index is -0.311. The molecule has 176 valence electrons. The van der Waals surface area contributed by atoms with E-state index < -0.39 is 0 Å². The first-order chi connectivity index (χ1) is 17.1. The zero-order valence-electron chi connectivity index (χ0n) is 19.5. The SMILES string of the molecule is C=CC(=O)Nc1cccnc1-c1ccnc2cnc(Nc3ccc(N4CCN(C)CC4)cc3)nc12. The average Bonchev–Trinajstić information content (AvgIpc) is 2.89. The molecule has 3 aromatic heterocycles. The van der Waals surface area contributed by atoms with Crippen molar-refractivity contribution >= 4 is 40.0 Å². The van der Waals surface area contributed by atoms with Crippen LogP contribution in [0.5, 0.6) is 0 Å². The molecule has 0 aliphatic carbocycles.